The lowest BCUT2D eigenvalue weighted by atomic mass is 10.2. The molecule has 3 nitrogen and oxygen atoms in total. The number of esters is 1. The molecule has 1 aromatic rings. The summed E-state index contributed by atoms with van der Waals surface area (Å²) in [5, 5.41) is 0. The van der Waals surface area contributed by atoms with E-state index in [1.807, 2.05) is 0 Å². The van der Waals surface area contributed by atoms with Crippen molar-refractivity contribution < 1.29 is 18.7 Å². The van der Waals surface area contributed by atoms with E-state index in [1.165, 1.54) is 6.92 Å². The van der Waals surface area contributed by atoms with Crippen LogP contribution in [-0.2, 0) is 16.2 Å². The van der Waals surface area contributed by atoms with Crippen LogP contribution >= 0.6 is 0 Å². The van der Waals surface area contributed by atoms with Gasteiger partial charge in [-0.2, -0.15) is 0 Å². The van der Waals surface area contributed by atoms with Crippen LogP contribution in [0.1, 0.15) is 12.5 Å². The summed E-state index contributed by atoms with van der Waals surface area (Å²) in [7, 11) is 0. The van der Waals surface area contributed by atoms with Gasteiger partial charge in [-0.1, -0.05) is 18.1 Å². The van der Waals surface area contributed by atoms with Crippen molar-refractivity contribution in [1.82, 2.24) is 0 Å². The molecule has 1 rings (SSSR count). The molecule has 0 aromatic heterocycles. The number of terminal acetylenes is 1. The predicted molar refractivity (Wildman–Crippen MR) is 61.1 cm³/mol. The fourth-order valence-electron chi connectivity index (χ4n) is 1.21. The summed E-state index contributed by atoms with van der Waals surface area (Å²) >= 11 is 0. The lowest BCUT2D eigenvalue weighted by Gasteiger charge is -2.12. The third kappa shape index (κ3) is 4.56. The van der Waals surface area contributed by atoms with E-state index < -0.39 is 18.7 Å². The Bertz CT molecular complexity index is 423. The Labute approximate surface area is 99.5 Å². The Morgan fingerprint density at radius 2 is 2.35 bits per heavy atom. The van der Waals surface area contributed by atoms with Crippen molar-refractivity contribution in [3.05, 3.63) is 29.8 Å². The van der Waals surface area contributed by atoms with Gasteiger partial charge in [-0.05, 0) is 17.7 Å². The molecule has 90 valence electrons. The average molecular weight is 236 g/mol. The molecule has 0 radical (unpaired) electrons. The number of benzene rings is 1. The number of rotatable bonds is 5. The van der Waals surface area contributed by atoms with E-state index in [-0.39, 0.29) is 6.61 Å². The van der Waals surface area contributed by atoms with Crippen molar-refractivity contribution in [3.63, 3.8) is 0 Å². The standard InChI is InChI=1S/C13H13FO3/c1-3-12(17-10(2)15)9-16-13-6-4-5-11(7-13)8-14/h1,4-7,12H,8-9H2,2H3/t12-/m1/s1. The molecule has 0 N–H and O–H groups in total. The smallest absolute Gasteiger partial charge is 0.303 e. The number of carbonyl (C=O) groups is 1. The first-order valence-corrected chi connectivity index (χ1v) is 5.06. The molecule has 17 heavy (non-hydrogen) atoms. The Kier molecular flexibility index (Phi) is 5.02. The summed E-state index contributed by atoms with van der Waals surface area (Å²) in [4.78, 5) is 10.7. The average Bonchev–Trinajstić information content (AvgIpc) is 2.34. The summed E-state index contributed by atoms with van der Waals surface area (Å²) in [5.41, 5.74) is 0.521. The maximum absolute atomic E-state index is 12.4. The Morgan fingerprint density at radius 1 is 1.59 bits per heavy atom. The molecule has 0 spiro atoms. The number of carbonyl (C=O) groups excluding carboxylic acids is 1. The van der Waals surface area contributed by atoms with E-state index in [4.69, 9.17) is 15.9 Å². The van der Waals surface area contributed by atoms with Gasteiger partial charge in [0.1, 0.15) is 19.0 Å². The predicted octanol–water partition coefficient (Wildman–Crippen LogP) is 2.10. The summed E-state index contributed by atoms with van der Waals surface area (Å²) in [5.74, 6) is 2.32. The van der Waals surface area contributed by atoms with Gasteiger partial charge in [0, 0.05) is 6.92 Å². The third-order valence-corrected chi connectivity index (χ3v) is 1.95. The van der Waals surface area contributed by atoms with E-state index in [1.54, 1.807) is 24.3 Å². The van der Waals surface area contributed by atoms with Crippen LogP contribution in [-0.4, -0.2) is 18.7 Å². The molecule has 1 aromatic carbocycles. The maximum atomic E-state index is 12.4. The van der Waals surface area contributed by atoms with Crippen LogP contribution in [0, 0.1) is 12.3 Å². The summed E-state index contributed by atoms with van der Waals surface area (Å²) in [6, 6.07) is 6.58. The van der Waals surface area contributed by atoms with Crippen molar-refractivity contribution in [2.24, 2.45) is 0 Å². The molecule has 0 amide bonds. The van der Waals surface area contributed by atoms with Crippen LogP contribution in [0.25, 0.3) is 0 Å². The molecular weight excluding hydrogens is 223 g/mol. The lowest BCUT2D eigenvalue weighted by Crippen LogP contribution is -2.22. The second-order valence-electron chi connectivity index (χ2n) is 3.36. The minimum Gasteiger partial charge on any atom is -0.489 e. The number of hydrogen-bond acceptors (Lipinski definition) is 3. The van der Waals surface area contributed by atoms with Crippen LogP contribution in [0.15, 0.2) is 24.3 Å². The van der Waals surface area contributed by atoms with Crippen LogP contribution in [0.3, 0.4) is 0 Å². The Balaban J connectivity index is 2.54. The summed E-state index contributed by atoms with van der Waals surface area (Å²) in [6.07, 6.45) is 4.44. The third-order valence-electron chi connectivity index (χ3n) is 1.95. The first kappa shape index (κ1) is 13.0. The SMILES string of the molecule is C#C[C@H](COc1cccc(CF)c1)OC(C)=O. The molecule has 0 saturated carbocycles. The second kappa shape index (κ2) is 6.54. The summed E-state index contributed by atoms with van der Waals surface area (Å²) < 4.78 is 22.5. The molecule has 0 aliphatic carbocycles. The van der Waals surface area contributed by atoms with Crippen LogP contribution in [0.2, 0.25) is 0 Å². The van der Waals surface area contributed by atoms with E-state index >= 15 is 0 Å². The summed E-state index contributed by atoms with van der Waals surface area (Å²) in [6.45, 7) is 0.763. The zero-order valence-corrected chi connectivity index (χ0v) is 9.48. The van der Waals surface area contributed by atoms with Crippen molar-refractivity contribution in [2.45, 2.75) is 19.7 Å². The van der Waals surface area contributed by atoms with Gasteiger partial charge >= 0.3 is 5.97 Å². The van der Waals surface area contributed by atoms with Gasteiger partial charge in [0.15, 0.2) is 6.10 Å². The molecule has 0 aliphatic heterocycles. The molecule has 0 bridgehead atoms. The normalized spacial score (nSPS) is 11.4. The van der Waals surface area contributed by atoms with Crippen molar-refractivity contribution in [2.75, 3.05) is 6.61 Å². The van der Waals surface area contributed by atoms with E-state index in [0.29, 0.717) is 11.3 Å². The fourth-order valence-corrected chi connectivity index (χ4v) is 1.21. The van der Waals surface area contributed by atoms with Gasteiger partial charge in [0.25, 0.3) is 0 Å². The highest BCUT2D eigenvalue weighted by Gasteiger charge is 2.09. The highest BCUT2D eigenvalue weighted by molar-refractivity contribution is 5.66. The van der Waals surface area contributed by atoms with E-state index in [2.05, 4.69) is 5.92 Å². The highest BCUT2D eigenvalue weighted by Crippen LogP contribution is 2.14. The van der Waals surface area contributed by atoms with E-state index in [0.717, 1.165) is 0 Å². The largest absolute Gasteiger partial charge is 0.489 e. The maximum Gasteiger partial charge on any atom is 0.303 e. The zero-order valence-electron chi connectivity index (χ0n) is 9.48. The van der Waals surface area contributed by atoms with E-state index in [9.17, 15) is 9.18 Å². The first-order chi connectivity index (χ1) is 8.15. The number of hydrogen-bond donors (Lipinski definition) is 0. The van der Waals surface area contributed by atoms with Crippen molar-refractivity contribution >= 4 is 5.97 Å². The molecule has 0 saturated heterocycles. The highest BCUT2D eigenvalue weighted by atomic mass is 19.1. The number of halogens is 1. The van der Waals surface area contributed by atoms with Gasteiger partial charge in [-0.3, -0.25) is 4.79 Å². The first-order valence-electron chi connectivity index (χ1n) is 5.06. The lowest BCUT2D eigenvalue weighted by molar-refractivity contribution is -0.144. The van der Waals surface area contributed by atoms with Crippen LogP contribution < -0.4 is 4.74 Å². The molecule has 0 unspecified atom stereocenters. The van der Waals surface area contributed by atoms with Gasteiger partial charge < -0.3 is 9.47 Å². The van der Waals surface area contributed by atoms with Crippen molar-refractivity contribution in [3.8, 4) is 18.1 Å². The number of ether oxygens (including phenoxy) is 2. The van der Waals surface area contributed by atoms with Gasteiger partial charge in [0.05, 0.1) is 0 Å². The zero-order chi connectivity index (χ0) is 12.7. The second-order valence-corrected chi connectivity index (χ2v) is 3.36. The molecule has 1 atom stereocenters. The molecule has 4 heteroatoms. The molecule has 0 fully saturated rings. The fraction of sp³-hybridized carbons (Fsp3) is 0.308. The monoisotopic (exact) mass is 236 g/mol. The van der Waals surface area contributed by atoms with Crippen LogP contribution in [0.5, 0.6) is 5.75 Å². The minimum atomic E-state index is -0.735. The molecule has 0 heterocycles. The minimum absolute atomic E-state index is 0.0474. The Hall–Kier alpha value is -2.02. The number of alkyl halides is 1. The van der Waals surface area contributed by atoms with Gasteiger partial charge in [-0.15, -0.1) is 6.42 Å². The quantitative estimate of drug-likeness (QED) is 0.580. The van der Waals surface area contributed by atoms with Crippen LogP contribution in [0.4, 0.5) is 4.39 Å². The van der Waals surface area contributed by atoms with Gasteiger partial charge in [-0.25, -0.2) is 4.39 Å². The topological polar surface area (TPSA) is 35.5 Å². The van der Waals surface area contributed by atoms with Gasteiger partial charge in [0.2, 0.25) is 0 Å². The Morgan fingerprint density at radius 3 is 2.94 bits per heavy atom. The molecule has 0 aliphatic rings. The van der Waals surface area contributed by atoms with Crippen molar-refractivity contribution in [1.29, 1.82) is 0 Å². The molecular formula is C13H13FO3.